The average Bonchev–Trinajstić information content (AvgIpc) is 2.34. The Labute approximate surface area is 113 Å². The van der Waals surface area contributed by atoms with E-state index in [2.05, 4.69) is 17.1 Å². The first-order chi connectivity index (χ1) is 9.10. The molecule has 0 aromatic carbocycles. The predicted octanol–water partition coefficient (Wildman–Crippen LogP) is 0.444. The number of carboxylic acid groups (broad SMARTS) is 1. The summed E-state index contributed by atoms with van der Waals surface area (Å²) in [5.74, 6) is -0.627. The Morgan fingerprint density at radius 1 is 1.26 bits per heavy atom. The van der Waals surface area contributed by atoms with Crippen molar-refractivity contribution in [3.63, 3.8) is 0 Å². The van der Waals surface area contributed by atoms with Gasteiger partial charge in [0, 0.05) is 19.6 Å². The third-order valence-corrected chi connectivity index (χ3v) is 4.21. The van der Waals surface area contributed by atoms with Gasteiger partial charge in [-0.15, -0.1) is 0 Å². The van der Waals surface area contributed by atoms with Crippen LogP contribution in [0.25, 0.3) is 0 Å². The van der Waals surface area contributed by atoms with Gasteiger partial charge in [-0.1, -0.05) is 6.92 Å². The fourth-order valence-electron chi connectivity index (χ4n) is 2.65. The van der Waals surface area contributed by atoms with Gasteiger partial charge in [0.15, 0.2) is 0 Å². The van der Waals surface area contributed by atoms with E-state index in [1.165, 1.54) is 0 Å². The third kappa shape index (κ3) is 3.59. The Morgan fingerprint density at radius 3 is 2.42 bits per heavy atom. The van der Waals surface area contributed by atoms with Crippen LogP contribution in [-0.2, 0) is 4.79 Å². The number of nitrogens with one attached hydrogen (secondary N) is 1. The molecular weight excluding hydrogens is 246 g/mol. The molecule has 0 aromatic heterocycles. The van der Waals surface area contributed by atoms with Gasteiger partial charge < -0.3 is 20.2 Å². The zero-order valence-electron chi connectivity index (χ0n) is 11.5. The molecule has 2 N–H and O–H groups in total. The second-order valence-corrected chi connectivity index (χ2v) is 5.50. The van der Waals surface area contributed by atoms with Crippen molar-refractivity contribution in [2.24, 2.45) is 11.8 Å². The van der Waals surface area contributed by atoms with Gasteiger partial charge in [-0.3, -0.25) is 4.79 Å². The summed E-state index contributed by atoms with van der Waals surface area (Å²) in [6.45, 7) is 6.90. The summed E-state index contributed by atoms with van der Waals surface area (Å²) in [5.41, 5.74) is 0. The maximum absolute atomic E-state index is 11.8. The minimum absolute atomic E-state index is 0.115. The second kappa shape index (κ2) is 6.23. The standard InChI is InChI=1S/C13H23N3O3/c1-2-15-5-3-10(4-6-15)7-14-13(19)16-8-11(9-16)12(17)18/h10-11H,2-9H2,1H3,(H,14,19)(H,17,18). The number of hydrogen-bond donors (Lipinski definition) is 2. The van der Waals surface area contributed by atoms with Crippen molar-refractivity contribution in [3.05, 3.63) is 0 Å². The van der Waals surface area contributed by atoms with Crippen LogP contribution in [0.5, 0.6) is 0 Å². The summed E-state index contributed by atoms with van der Waals surface area (Å²) >= 11 is 0. The Balaban J connectivity index is 1.61. The molecule has 0 atom stereocenters. The molecule has 2 heterocycles. The molecule has 0 saturated carbocycles. The highest BCUT2D eigenvalue weighted by molar-refractivity contribution is 5.79. The Bertz CT molecular complexity index is 334. The van der Waals surface area contributed by atoms with E-state index in [4.69, 9.17) is 5.11 Å². The lowest BCUT2D eigenvalue weighted by molar-refractivity contribution is -0.146. The van der Waals surface area contributed by atoms with Gasteiger partial charge in [-0.2, -0.15) is 0 Å². The van der Waals surface area contributed by atoms with E-state index in [1.54, 1.807) is 4.90 Å². The highest BCUT2D eigenvalue weighted by atomic mass is 16.4. The molecule has 2 saturated heterocycles. The van der Waals surface area contributed by atoms with E-state index < -0.39 is 5.97 Å². The summed E-state index contributed by atoms with van der Waals surface area (Å²) in [6.07, 6.45) is 2.26. The fourth-order valence-corrected chi connectivity index (χ4v) is 2.65. The van der Waals surface area contributed by atoms with Crippen molar-refractivity contribution < 1.29 is 14.7 Å². The predicted molar refractivity (Wildman–Crippen MR) is 70.9 cm³/mol. The Morgan fingerprint density at radius 2 is 1.89 bits per heavy atom. The molecule has 2 fully saturated rings. The number of rotatable bonds is 4. The van der Waals surface area contributed by atoms with E-state index in [-0.39, 0.29) is 11.9 Å². The number of aliphatic carboxylic acids is 1. The fraction of sp³-hybridized carbons (Fsp3) is 0.846. The van der Waals surface area contributed by atoms with Crippen molar-refractivity contribution in [1.82, 2.24) is 15.1 Å². The second-order valence-electron chi connectivity index (χ2n) is 5.50. The van der Waals surface area contributed by atoms with Crippen LogP contribution in [0.4, 0.5) is 4.79 Å². The maximum atomic E-state index is 11.8. The average molecular weight is 269 g/mol. The Hall–Kier alpha value is -1.30. The topological polar surface area (TPSA) is 72.9 Å². The minimum Gasteiger partial charge on any atom is -0.481 e. The van der Waals surface area contributed by atoms with E-state index in [9.17, 15) is 9.59 Å². The zero-order valence-corrected chi connectivity index (χ0v) is 11.5. The first-order valence-electron chi connectivity index (χ1n) is 7.08. The van der Waals surface area contributed by atoms with E-state index in [1.807, 2.05) is 0 Å². The van der Waals surface area contributed by atoms with Crippen molar-refractivity contribution in [3.8, 4) is 0 Å². The van der Waals surface area contributed by atoms with Crippen LogP contribution in [-0.4, -0.2) is 66.2 Å². The van der Waals surface area contributed by atoms with Gasteiger partial charge in [0.25, 0.3) is 0 Å². The Kier molecular flexibility index (Phi) is 4.63. The number of nitrogens with zero attached hydrogens (tertiary/aromatic N) is 2. The van der Waals surface area contributed by atoms with Crippen LogP contribution in [0.1, 0.15) is 19.8 Å². The van der Waals surface area contributed by atoms with Gasteiger partial charge in [0.1, 0.15) is 0 Å². The molecule has 0 spiro atoms. The third-order valence-electron chi connectivity index (χ3n) is 4.21. The lowest BCUT2D eigenvalue weighted by Crippen LogP contribution is -2.56. The highest BCUT2D eigenvalue weighted by Gasteiger charge is 2.35. The molecule has 6 nitrogen and oxygen atoms in total. The first-order valence-corrected chi connectivity index (χ1v) is 7.08. The van der Waals surface area contributed by atoms with Gasteiger partial charge in [0.2, 0.25) is 0 Å². The van der Waals surface area contributed by atoms with Crippen LogP contribution >= 0.6 is 0 Å². The number of likely N-dealkylation sites (tertiary alicyclic amines) is 2. The van der Waals surface area contributed by atoms with Crippen molar-refractivity contribution in [2.45, 2.75) is 19.8 Å². The quantitative estimate of drug-likeness (QED) is 0.777. The van der Waals surface area contributed by atoms with Crippen molar-refractivity contribution in [1.29, 1.82) is 0 Å². The summed E-state index contributed by atoms with van der Waals surface area (Å²) in [4.78, 5) is 26.4. The first kappa shape index (κ1) is 14.1. The number of hydrogen-bond acceptors (Lipinski definition) is 3. The number of carbonyl (C=O) groups is 2. The SMILES string of the molecule is CCN1CCC(CNC(=O)N2CC(C(=O)O)C2)CC1. The molecule has 0 unspecified atom stereocenters. The molecule has 2 aliphatic rings. The van der Waals surface area contributed by atoms with Crippen molar-refractivity contribution >= 4 is 12.0 Å². The number of urea groups is 1. The normalized spacial score (nSPS) is 22.1. The molecule has 2 aliphatic heterocycles. The van der Waals surface area contributed by atoms with Crippen LogP contribution in [0.3, 0.4) is 0 Å². The summed E-state index contributed by atoms with van der Waals surface area (Å²) < 4.78 is 0. The highest BCUT2D eigenvalue weighted by Crippen LogP contribution is 2.18. The number of carbonyl (C=O) groups excluding carboxylic acids is 1. The van der Waals surface area contributed by atoms with Crippen LogP contribution < -0.4 is 5.32 Å². The van der Waals surface area contributed by atoms with Gasteiger partial charge in [-0.05, 0) is 38.4 Å². The lowest BCUT2D eigenvalue weighted by Gasteiger charge is -2.37. The molecule has 2 rings (SSSR count). The number of piperidine rings is 1. The summed E-state index contributed by atoms with van der Waals surface area (Å²) in [7, 11) is 0. The van der Waals surface area contributed by atoms with Gasteiger partial charge in [-0.25, -0.2) is 4.79 Å². The van der Waals surface area contributed by atoms with E-state index in [0.717, 1.165) is 32.5 Å². The van der Waals surface area contributed by atoms with E-state index in [0.29, 0.717) is 25.6 Å². The van der Waals surface area contributed by atoms with Crippen LogP contribution in [0, 0.1) is 11.8 Å². The van der Waals surface area contributed by atoms with Gasteiger partial charge in [0.05, 0.1) is 5.92 Å². The van der Waals surface area contributed by atoms with Gasteiger partial charge >= 0.3 is 12.0 Å². The molecule has 0 aromatic rings. The molecule has 0 radical (unpaired) electrons. The van der Waals surface area contributed by atoms with E-state index >= 15 is 0 Å². The molecule has 19 heavy (non-hydrogen) atoms. The number of amides is 2. The maximum Gasteiger partial charge on any atom is 0.317 e. The molecule has 0 bridgehead atoms. The van der Waals surface area contributed by atoms with Crippen LogP contribution in [0.15, 0.2) is 0 Å². The summed E-state index contributed by atoms with van der Waals surface area (Å²) in [6, 6.07) is -0.115. The smallest absolute Gasteiger partial charge is 0.317 e. The van der Waals surface area contributed by atoms with Crippen molar-refractivity contribution in [2.75, 3.05) is 39.3 Å². The molecule has 6 heteroatoms. The minimum atomic E-state index is -0.809. The molecule has 108 valence electrons. The molecular formula is C13H23N3O3. The zero-order chi connectivity index (χ0) is 13.8. The van der Waals surface area contributed by atoms with Crippen LogP contribution in [0.2, 0.25) is 0 Å². The number of carboxylic acids is 1. The monoisotopic (exact) mass is 269 g/mol. The summed E-state index contributed by atoms with van der Waals surface area (Å²) in [5, 5.41) is 11.7. The molecule has 0 aliphatic carbocycles. The molecule has 2 amide bonds. The largest absolute Gasteiger partial charge is 0.481 e. The lowest BCUT2D eigenvalue weighted by atomic mass is 9.97.